The lowest BCUT2D eigenvalue weighted by molar-refractivity contribution is -0.116. The van der Waals surface area contributed by atoms with Crippen molar-refractivity contribution in [2.45, 2.75) is 12.8 Å². The van der Waals surface area contributed by atoms with Gasteiger partial charge in [-0.2, -0.15) is 5.10 Å². The summed E-state index contributed by atoms with van der Waals surface area (Å²) in [6.45, 7) is 0. The topological polar surface area (TPSA) is 129 Å². The molecule has 2 aromatic rings. The predicted molar refractivity (Wildman–Crippen MR) is 106 cm³/mol. The summed E-state index contributed by atoms with van der Waals surface area (Å²) in [6.07, 6.45) is 2.54. The van der Waals surface area contributed by atoms with E-state index in [1.165, 1.54) is 17.8 Å². The lowest BCUT2D eigenvalue weighted by atomic mass is 10.00. The highest BCUT2D eigenvalue weighted by Gasteiger charge is 2.31. The van der Waals surface area contributed by atoms with Gasteiger partial charge in [0.05, 0.1) is 10.5 Å². The van der Waals surface area contributed by atoms with Crippen LogP contribution >= 0.6 is 11.8 Å². The van der Waals surface area contributed by atoms with Gasteiger partial charge in [0.1, 0.15) is 11.4 Å². The number of aliphatic hydroxyl groups is 1. The third-order valence-electron chi connectivity index (χ3n) is 3.72. The van der Waals surface area contributed by atoms with Gasteiger partial charge >= 0.3 is 0 Å². The summed E-state index contributed by atoms with van der Waals surface area (Å²) in [5.41, 5.74) is 0.738. The van der Waals surface area contributed by atoms with E-state index in [1.807, 2.05) is 18.2 Å². The van der Waals surface area contributed by atoms with Gasteiger partial charge in [-0.25, -0.2) is 0 Å². The van der Waals surface area contributed by atoms with Crippen molar-refractivity contribution in [3.8, 4) is 0 Å². The van der Waals surface area contributed by atoms with E-state index in [1.54, 1.807) is 12.1 Å². The summed E-state index contributed by atoms with van der Waals surface area (Å²) >= 11 is 1.20. The Balaban J connectivity index is 0.00000136. The largest absolute Gasteiger partial charge is 0.400 e. The number of para-hydroxylation sites is 1. The SMILES string of the molecule is CO.O=Cc1[nH]nc2c1C(=O)C(SCCCC(=O)Nc1ccccc1)=CC2=O. The van der Waals surface area contributed by atoms with Gasteiger partial charge in [0.15, 0.2) is 6.29 Å². The zero-order valence-corrected chi connectivity index (χ0v) is 15.9. The van der Waals surface area contributed by atoms with Crippen LogP contribution in [-0.2, 0) is 4.79 Å². The van der Waals surface area contributed by atoms with Crippen molar-refractivity contribution < 1.29 is 24.3 Å². The Hall–Kier alpha value is -3.04. The summed E-state index contributed by atoms with van der Waals surface area (Å²) in [5.74, 6) is -0.420. The number of hydrogen-bond acceptors (Lipinski definition) is 7. The Labute approximate surface area is 165 Å². The van der Waals surface area contributed by atoms with Crippen LogP contribution in [0.4, 0.5) is 5.69 Å². The summed E-state index contributed by atoms with van der Waals surface area (Å²) < 4.78 is 0. The van der Waals surface area contributed by atoms with Gasteiger partial charge in [0.2, 0.25) is 17.5 Å². The first-order chi connectivity index (χ1) is 13.6. The number of aldehydes is 1. The van der Waals surface area contributed by atoms with Crippen LogP contribution in [0.5, 0.6) is 0 Å². The van der Waals surface area contributed by atoms with Crippen molar-refractivity contribution in [3.05, 3.63) is 58.3 Å². The van der Waals surface area contributed by atoms with E-state index < -0.39 is 11.6 Å². The van der Waals surface area contributed by atoms with Gasteiger partial charge in [0.25, 0.3) is 0 Å². The number of carbonyl (C=O) groups excluding carboxylic acids is 4. The van der Waals surface area contributed by atoms with Gasteiger partial charge in [-0.15, -0.1) is 11.8 Å². The van der Waals surface area contributed by atoms with Crippen molar-refractivity contribution in [3.63, 3.8) is 0 Å². The van der Waals surface area contributed by atoms with Crippen LogP contribution in [0.15, 0.2) is 41.3 Å². The maximum absolute atomic E-state index is 12.4. The lowest BCUT2D eigenvalue weighted by Crippen LogP contribution is -2.16. The average Bonchev–Trinajstić information content (AvgIpc) is 3.16. The van der Waals surface area contributed by atoms with E-state index in [9.17, 15) is 19.2 Å². The molecule has 1 amide bonds. The van der Waals surface area contributed by atoms with Crippen LogP contribution in [0.1, 0.15) is 44.2 Å². The number of H-pyrrole nitrogens is 1. The van der Waals surface area contributed by atoms with Gasteiger partial charge in [-0.1, -0.05) is 18.2 Å². The maximum atomic E-state index is 12.4. The number of aromatic amines is 1. The fraction of sp³-hybridized carbons (Fsp3) is 0.211. The summed E-state index contributed by atoms with van der Waals surface area (Å²) in [5, 5.41) is 15.9. The third kappa shape index (κ3) is 5.02. The Bertz CT molecular complexity index is 906. The molecule has 0 fully saturated rings. The average molecular weight is 401 g/mol. The fourth-order valence-corrected chi connectivity index (χ4v) is 3.42. The number of hydrogen-bond donors (Lipinski definition) is 3. The van der Waals surface area contributed by atoms with E-state index in [-0.39, 0.29) is 27.8 Å². The third-order valence-corrected chi connectivity index (χ3v) is 4.83. The molecular formula is C19H19N3O5S. The van der Waals surface area contributed by atoms with Crippen molar-refractivity contribution in [1.29, 1.82) is 0 Å². The predicted octanol–water partition coefficient (Wildman–Crippen LogP) is 2.25. The number of rotatable bonds is 7. The summed E-state index contributed by atoms with van der Waals surface area (Å²) in [6, 6.07) is 9.14. The van der Waals surface area contributed by atoms with Crippen molar-refractivity contribution in [2.24, 2.45) is 0 Å². The second-order valence-corrected chi connectivity index (χ2v) is 6.68. The van der Waals surface area contributed by atoms with Crippen LogP contribution in [0.3, 0.4) is 0 Å². The monoisotopic (exact) mass is 401 g/mol. The quantitative estimate of drug-likeness (QED) is 0.479. The molecule has 0 bridgehead atoms. The highest BCUT2D eigenvalue weighted by Crippen LogP contribution is 2.29. The van der Waals surface area contributed by atoms with Crippen LogP contribution in [0, 0.1) is 0 Å². The molecule has 1 aromatic heterocycles. The van der Waals surface area contributed by atoms with E-state index in [0.29, 0.717) is 24.9 Å². The maximum Gasteiger partial charge on any atom is 0.224 e. The molecule has 8 nitrogen and oxygen atoms in total. The highest BCUT2D eigenvalue weighted by atomic mass is 32.2. The van der Waals surface area contributed by atoms with Gasteiger partial charge in [-0.3, -0.25) is 24.3 Å². The Kier molecular flexibility index (Phi) is 7.85. The number of anilines is 1. The second kappa shape index (κ2) is 10.3. The molecule has 0 saturated heterocycles. The molecule has 0 aliphatic heterocycles. The van der Waals surface area contributed by atoms with Crippen LogP contribution in [0.25, 0.3) is 0 Å². The molecule has 0 atom stereocenters. The standard InChI is InChI=1S/C18H15N3O4S.CH4O/c22-10-12-16-17(21-20-12)13(23)9-14(18(16)25)26-8-4-7-15(24)19-11-5-2-1-3-6-11;1-2/h1-3,5-6,9-10H,4,7-8H2,(H,19,24)(H,20,21);2H,1H3. The van der Waals surface area contributed by atoms with E-state index in [2.05, 4.69) is 15.5 Å². The normalized spacial score (nSPS) is 12.4. The number of aliphatic hydroxyl groups excluding tert-OH is 1. The summed E-state index contributed by atoms with van der Waals surface area (Å²) in [4.78, 5) is 47.6. The van der Waals surface area contributed by atoms with Crippen LogP contribution in [0.2, 0.25) is 0 Å². The first kappa shape index (κ1) is 21.3. The van der Waals surface area contributed by atoms with Crippen molar-refractivity contribution >= 4 is 41.2 Å². The second-order valence-electron chi connectivity index (χ2n) is 5.55. The number of nitrogens with one attached hydrogen (secondary N) is 2. The minimum Gasteiger partial charge on any atom is -0.400 e. The number of thioether (sulfide) groups is 1. The molecule has 9 heteroatoms. The number of fused-ring (bicyclic) bond motifs is 1. The molecule has 1 aliphatic carbocycles. The first-order valence-corrected chi connectivity index (χ1v) is 9.35. The molecule has 0 radical (unpaired) electrons. The first-order valence-electron chi connectivity index (χ1n) is 8.37. The molecule has 1 heterocycles. The number of carbonyl (C=O) groups is 4. The number of Topliss-reactive ketones (excluding diaryl/α,β-unsaturated/α-hetero) is 1. The van der Waals surface area contributed by atoms with E-state index >= 15 is 0 Å². The van der Waals surface area contributed by atoms with E-state index in [4.69, 9.17) is 5.11 Å². The molecule has 0 saturated carbocycles. The molecule has 3 rings (SSSR count). The molecule has 0 unspecified atom stereocenters. The Morgan fingerprint density at radius 1 is 1.25 bits per heavy atom. The minimum absolute atomic E-state index is 0.00629. The fourth-order valence-electron chi connectivity index (χ4n) is 2.49. The zero-order chi connectivity index (χ0) is 20.5. The Morgan fingerprint density at radius 2 is 1.96 bits per heavy atom. The van der Waals surface area contributed by atoms with E-state index in [0.717, 1.165) is 12.8 Å². The number of allylic oxidation sites excluding steroid dienone is 2. The molecular weight excluding hydrogens is 382 g/mol. The number of ketones is 2. The number of amides is 1. The van der Waals surface area contributed by atoms with Crippen LogP contribution in [-0.4, -0.2) is 51.9 Å². The lowest BCUT2D eigenvalue weighted by Gasteiger charge is -2.11. The number of aromatic nitrogens is 2. The van der Waals surface area contributed by atoms with Crippen molar-refractivity contribution in [2.75, 3.05) is 18.2 Å². The summed E-state index contributed by atoms with van der Waals surface area (Å²) in [7, 11) is 1.00. The minimum atomic E-state index is -0.409. The van der Waals surface area contributed by atoms with Gasteiger partial charge < -0.3 is 10.4 Å². The number of benzene rings is 1. The van der Waals surface area contributed by atoms with Gasteiger partial charge in [0, 0.05) is 25.3 Å². The molecule has 28 heavy (non-hydrogen) atoms. The Morgan fingerprint density at radius 3 is 2.64 bits per heavy atom. The molecule has 146 valence electrons. The highest BCUT2D eigenvalue weighted by molar-refractivity contribution is 8.04. The molecule has 0 spiro atoms. The molecule has 1 aliphatic rings. The molecule has 3 N–H and O–H groups in total. The molecule has 1 aromatic carbocycles. The van der Waals surface area contributed by atoms with Gasteiger partial charge in [-0.05, 0) is 24.3 Å². The van der Waals surface area contributed by atoms with Crippen molar-refractivity contribution in [1.82, 2.24) is 10.2 Å². The van der Waals surface area contributed by atoms with Crippen LogP contribution < -0.4 is 5.32 Å². The smallest absolute Gasteiger partial charge is 0.224 e. The number of nitrogens with zero attached hydrogens (tertiary/aromatic N) is 1. The zero-order valence-electron chi connectivity index (χ0n) is 15.1.